The Morgan fingerprint density at radius 2 is 1.75 bits per heavy atom. The lowest BCUT2D eigenvalue weighted by Crippen LogP contribution is -2.46. The Hall–Kier alpha value is -2.85. The van der Waals surface area contributed by atoms with Gasteiger partial charge in [0.1, 0.15) is 5.76 Å². The van der Waals surface area contributed by atoms with Crippen LogP contribution in [0.15, 0.2) is 47.1 Å². The van der Waals surface area contributed by atoms with E-state index in [1.165, 1.54) is 5.69 Å². The number of piperazine rings is 1. The van der Waals surface area contributed by atoms with E-state index in [9.17, 15) is 18.0 Å². The Labute approximate surface area is 212 Å². The van der Waals surface area contributed by atoms with Crippen LogP contribution < -0.4 is 4.90 Å². The molecule has 0 radical (unpaired) electrons. The lowest BCUT2D eigenvalue weighted by molar-refractivity contribution is -0.129. The van der Waals surface area contributed by atoms with Crippen molar-refractivity contribution in [1.29, 1.82) is 0 Å². The van der Waals surface area contributed by atoms with Gasteiger partial charge < -0.3 is 14.2 Å². The summed E-state index contributed by atoms with van der Waals surface area (Å²) in [6.45, 7) is 8.25. The lowest BCUT2D eigenvalue weighted by atomic mass is 9.88. The highest BCUT2D eigenvalue weighted by molar-refractivity contribution is 7.88. The molecule has 0 unspecified atom stereocenters. The molecule has 3 aliphatic heterocycles. The molecule has 0 spiro atoms. The summed E-state index contributed by atoms with van der Waals surface area (Å²) in [5.41, 5.74) is 1.71. The molecule has 0 bridgehead atoms. The van der Waals surface area contributed by atoms with Crippen molar-refractivity contribution in [2.24, 2.45) is 11.8 Å². The molecule has 3 saturated heterocycles. The third-order valence-corrected chi connectivity index (χ3v) is 8.93. The number of benzene rings is 1. The molecule has 9 nitrogen and oxygen atoms in total. The molecule has 3 aliphatic rings. The summed E-state index contributed by atoms with van der Waals surface area (Å²) in [5, 5.41) is 0. The highest BCUT2D eigenvalue weighted by Crippen LogP contribution is 2.42. The number of rotatable bonds is 6. The minimum absolute atomic E-state index is 0.0881. The van der Waals surface area contributed by atoms with Crippen molar-refractivity contribution in [3.05, 3.63) is 54.0 Å². The van der Waals surface area contributed by atoms with E-state index >= 15 is 0 Å². The van der Waals surface area contributed by atoms with E-state index in [0.29, 0.717) is 30.8 Å². The molecule has 2 amide bonds. The number of furan rings is 1. The molecule has 3 fully saturated rings. The zero-order valence-corrected chi connectivity index (χ0v) is 21.9. The SMILES string of the molecule is CC(C)[C@H]1C(=O)N(S(C)(=O)=O)[C@H]2CCN(C(=O)c3ccoc3CN3CCN(c4ccccc4)CC3)[C@H]12. The zero-order valence-electron chi connectivity index (χ0n) is 21.0. The van der Waals surface area contributed by atoms with Crippen molar-refractivity contribution in [2.45, 2.75) is 38.9 Å². The number of likely N-dealkylation sites (tertiary alicyclic amines) is 1. The minimum atomic E-state index is -3.71. The summed E-state index contributed by atoms with van der Waals surface area (Å²) in [6, 6.07) is 11.1. The molecule has 1 aromatic carbocycles. The van der Waals surface area contributed by atoms with Crippen LogP contribution in [0.3, 0.4) is 0 Å². The van der Waals surface area contributed by atoms with Crippen LogP contribution in [0.2, 0.25) is 0 Å². The zero-order chi connectivity index (χ0) is 25.6. The second-order valence-corrected chi connectivity index (χ2v) is 12.2. The van der Waals surface area contributed by atoms with Gasteiger partial charge in [0.05, 0.1) is 42.6 Å². The van der Waals surface area contributed by atoms with Gasteiger partial charge in [-0.1, -0.05) is 32.0 Å². The van der Waals surface area contributed by atoms with Gasteiger partial charge in [-0.2, -0.15) is 0 Å². The average molecular weight is 515 g/mol. The van der Waals surface area contributed by atoms with E-state index < -0.39 is 33.9 Å². The Balaban J connectivity index is 1.30. The smallest absolute Gasteiger partial charge is 0.257 e. The van der Waals surface area contributed by atoms with E-state index in [4.69, 9.17) is 4.42 Å². The summed E-state index contributed by atoms with van der Waals surface area (Å²) >= 11 is 0. The third-order valence-electron chi connectivity index (χ3n) is 7.76. The number of nitrogens with zero attached hydrogens (tertiary/aromatic N) is 4. The molecule has 0 aliphatic carbocycles. The number of hydrogen-bond acceptors (Lipinski definition) is 7. The number of amides is 2. The van der Waals surface area contributed by atoms with Gasteiger partial charge in [0.15, 0.2) is 0 Å². The van der Waals surface area contributed by atoms with Gasteiger partial charge in [0, 0.05) is 38.4 Å². The Bertz CT molecular complexity index is 1220. The van der Waals surface area contributed by atoms with Crippen LogP contribution in [0.4, 0.5) is 5.69 Å². The second-order valence-electron chi connectivity index (χ2n) is 10.4. The summed E-state index contributed by atoms with van der Waals surface area (Å²) in [6.07, 6.45) is 3.06. The van der Waals surface area contributed by atoms with Crippen LogP contribution in [-0.4, -0.2) is 85.4 Å². The molecule has 3 atom stereocenters. The first kappa shape index (κ1) is 24.8. The standard InChI is InChI=1S/C26H34N4O5S/c1-18(2)23-24-21(30(26(23)32)36(3,33)34)9-11-29(24)25(31)20-10-16-35-22(20)17-27-12-14-28(15-13-27)19-7-5-4-6-8-19/h4-8,10,16,18,21,23-24H,9,11-15,17H2,1-3H3/t21-,23+,24-/m0/s1. The van der Waals surface area contributed by atoms with E-state index in [1.807, 2.05) is 32.0 Å². The van der Waals surface area contributed by atoms with Gasteiger partial charge in [-0.05, 0) is 30.5 Å². The number of hydrogen-bond donors (Lipinski definition) is 0. The monoisotopic (exact) mass is 514 g/mol. The summed E-state index contributed by atoms with van der Waals surface area (Å²) in [5.74, 6) is -0.610. The second kappa shape index (κ2) is 9.55. The van der Waals surface area contributed by atoms with Gasteiger partial charge >= 0.3 is 0 Å². The van der Waals surface area contributed by atoms with Gasteiger partial charge in [-0.3, -0.25) is 14.5 Å². The lowest BCUT2D eigenvalue weighted by Gasteiger charge is -2.36. The third kappa shape index (κ3) is 4.41. The van der Waals surface area contributed by atoms with Gasteiger partial charge in [-0.25, -0.2) is 12.7 Å². The Morgan fingerprint density at radius 1 is 1.06 bits per heavy atom. The molecule has 10 heteroatoms. The Morgan fingerprint density at radius 3 is 2.39 bits per heavy atom. The molecule has 0 N–H and O–H groups in total. The topological polar surface area (TPSA) is 94.4 Å². The maximum absolute atomic E-state index is 13.7. The predicted molar refractivity (Wildman–Crippen MR) is 136 cm³/mol. The van der Waals surface area contributed by atoms with Crippen LogP contribution in [0.5, 0.6) is 0 Å². The number of sulfonamides is 1. The van der Waals surface area contributed by atoms with Crippen molar-refractivity contribution in [2.75, 3.05) is 43.9 Å². The summed E-state index contributed by atoms with van der Waals surface area (Å²) in [7, 11) is -3.71. The average Bonchev–Trinajstić information content (AvgIpc) is 3.53. The number of anilines is 1. The minimum Gasteiger partial charge on any atom is -0.467 e. The highest BCUT2D eigenvalue weighted by Gasteiger charge is 2.58. The molecule has 4 heterocycles. The molecule has 0 saturated carbocycles. The van der Waals surface area contributed by atoms with Crippen LogP contribution in [0.25, 0.3) is 0 Å². The van der Waals surface area contributed by atoms with Crippen LogP contribution in [-0.2, 0) is 21.4 Å². The quantitative estimate of drug-likeness (QED) is 0.584. The van der Waals surface area contributed by atoms with Gasteiger partial charge in [0.25, 0.3) is 5.91 Å². The maximum atomic E-state index is 13.7. The number of carbonyl (C=O) groups is 2. The number of para-hydroxylation sites is 1. The first-order chi connectivity index (χ1) is 17.2. The fourth-order valence-electron chi connectivity index (χ4n) is 6.08. The van der Waals surface area contributed by atoms with Crippen molar-refractivity contribution in [3.8, 4) is 0 Å². The molecule has 2 aromatic rings. The van der Waals surface area contributed by atoms with Crippen molar-refractivity contribution < 1.29 is 22.4 Å². The summed E-state index contributed by atoms with van der Waals surface area (Å²) < 4.78 is 31.6. The summed E-state index contributed by atoms with van der Waals surface area (Å²) in [4.78, 5) is 33.2. The normalized spacial score (nSPS) is 25.2. The fraction of sp³-hybridized carbons (Fsp3) is 0.538. The van der Waals surface area contributed by atoms with E-state index in [2.05, 4.69) is 21.9 Å². The van der Waals surface area contributed by atoms with Crippen molar-refractivity contribution in [3.63, 3.8) is 0 Å². The molecular weight excluding hydrogens is 480 g/mol. The fourth-order valence-corrected chi connectivity index (χ4v) is 7.26. The van der Waals surface area contributed by atoms with Crippen molar-refractivity contribution >= 4 is 27.5 Å². The van der Waals surface area contributed by atoms with Crippen LogP contribution in [0.1, 0.15) is 36.4 Å². The van der Waals surface area contributed by atoms with E-state index in [0.717, 1.165) is 36.7 Å². The molecule has 5 rings (SSSR count). The number of carbonyl (C=O) groups excluding carboxylic acids is 2. The van der Waals surface area contributed by atoms with E-state index in [1.54, 1.807) is 17.2 Å². The predicted octanol–water partition coefficient (Wildman–Crippen LogP) is 2.26. The van der Waals surface area contributed by atoms with E-state index in [-0.39, 0.29) is 11.8 Å². The largest absolute Gasteiger partial charge is 0.467 e. The Kier molecular flexibility index (Phi) is 6.59. The molecular formula is C26H34N4O5S. The van der Waals surface area contributed by atoms with Crippen LogP contribution >= 0.6 is 0 Å². The number of fused-ring (bicyclic) bond motifs is 1. The molecule has 1 aromatic heterocycles. The van der Waals surface area contributed by atoms with Gasteiger partial charge in [-0.15, -0.1) is 0 Å². The first-order valence-electron chi connectivity index (χ1n) is 12.6. The van der Waals surface area contributed by atoms with Crippen LogP contribution in [0, 0.1) is 11.8 Å². The first-order valence-corrected chi connectivity index (χ1v) is 14.4. The van der Waals surface area contributed by atoms with Gasteiger partial charge in [0.2, 0.25) is 15.9 Å². The maximum Gasteiger partial charge on any atom is 0.257 e. The highest BCUT2D eigenvalue weighted by atomic mass is 32.2. The molecule has 36 heavy (non-hydrogen) atoms. The molecule has 194 valence electrons. The van der Waals surface area contributed by atoms with Crippen molar-refractivity contribution in [1.82, 2.24) is 14.1 Å².